The van der Waals surface area contributed by atoms with Gasteiger partial charge in [0.15, 0.2) is 0 Å². The van der Waals surface area contributed by atoms with Gasteiger partial charge in [0, 0.05) is 6.54 Å². The van der Waals surface area contributed by atoms with Gasteiger partial charge in [0.1, 0.15) is 18.3 Å². The van der Waals surface area contributed by atoms with Crippen molar-refractivity contribution >= 4 is 17.8 Å². The van der Waals surface area contributed by atoms with Gasteiger partial charge in [-0.3, -0.25) is 9.59 Å². The van der Waals surface area contributed by atoms with Gasteiger partial charge in [-0.1, -0.05) is 30.3 Å². The van der Waals surface area contributed by atoms with Crippen LogP contribution in [0.5, 0.6) is 0 Å². The molecule has 1 aromatic rings. The van der Waals surface area contributed by atoms with E-state index in [1.54, 1.807) is 0 Å². The minimum atomic E-state index is -0.952. The Balaban J connectivity index is 2.03. The van der Waals surface area contributed by atoms with Crippen LogP contribution in [0.15, 0.2) is 30.3 Å². The summed E-state index contributed by atoms with van der Waals surface area (Å²) in [5, 5.41) is 0. The predicted octanol–water partition coefficient (Wildman–Crippen LogP) is 2.17. The molecular weight excluding hydrogens is 298 g/mol. The summed E-state index contributed by atoms with van der Waals surface area (Å²) in [4.78, 5) is 37.4. The number of benzene rings is 1. The lowest BCUT2D eigenvalue weighted by Gasteiger charge is -2.28. The number of esters is 1. The second-order valence-corrected chi connectivity index (χ2v) is 5.55. The number of amides is 1. The first kappa shape index (κ1) is 17.0. The number of nitrogens with zero attached hydrogens (tertiary/aromatic N) is 1. The quantitative estimate of drug-likeness (QED) is 0.614. The minimum Gasteiger partial charge on any atom is -0.468 e. The Morgan fingerprint density at radius 1 is 1.26 bits per heavy atom. The summed E-state index contributed by atoms with van der Waals surface area (Å²) in [5.74, 6) is -1.86. The molecule has 2 unspecified atom stereocenters. The van der Waals surface area contributed by atoms with E-state index in [1.165, 1.54) is 18.9 Å². The van der Waals surface area contributed by atoms with Crippen LogP contribution in [-0.4, -0.2) is 42.4 Å². The number of Topliss-reactive ketones (excluding diaryl/α,β-unsaturated/α-hetero) is 1. The van der Waals surface area contributed by atoms with Gasteiger partial charge in [0.25, 0.3) is 0 Å². The third-order valence-corrected chi connectivity index (χ3v) is 4.02. The molecule has 6 nitrogen and oxygen atoms in total. The zero-order chi connectivity index (χ0) is 16.8. The molecule has 0 radical (unpaired) electrons. The van der Waals surface area contributed by atoms with Crippen molar-refractivity contribution in [2.24, 2.45) is 5.92 Å². The van der Waals surface area contributed by atoms with Crippen molar-refractivity contribution in [2.75, 3.05) is 13.7 Å². The fraction of sp³-hybridized carbons (Fsp3) is 0.471. The highest BCUT2D eigenvalue weighted by Gasteiger charge is 2.42. The average Bonchev–Trinajstić information content (AvgIpc) is 3.02. The first-order valence-corrected chi connectivity index (χ1v) is 7.60. The topological polar surface area (TPSA) is 72.9 Å². The van der Waals surface area contributed by atoms with Gasteiger partial charge in [-0.2, -0.15) is 0 Å². The van der Waals surface area contributed by atoms with Crippen LogP contribution in [-0.2, 0) is 25.7 Å². The zero-order valence-corrected chi connectivity index (χ0v) is 13.4. The summed E-state index contributed by atoms with van der Waals surface area (Å²) in [7, 11) is 1.24. The molecule has 0 saturated carbocycles. The number of ether oxygens (including phenoxy) is 2. The molecule has 1 fully saturated rings. The largest absolute Gasteiger partial charge is 0.468 e. The molecule has 2 rings (SSSR count). The molecule has 0 bridgehead atoms. The van der Waals surface area contributed by atoms with Gasteiger partial charge in [-0.15, -0.1) is 0 Å². The van der Waals surface area contributed by atoms with Crippen LogP contribution in [0.4, 0.5) is 4.79 Å². The van der Waals surface area contributed by atoms with Crippen molar-refractivity contribution < 1.29 is 23.9 Å². The lowest BCUT2D eigenvalue weighted by atomic mass is 9.94. The monoisotopic (exact) mass is 319 g/mol. The molecule has 0 N–H and O–H groups in total. The number of likely N-dealkylation sites (tertiary alicyclic amines) is 1. The van der Waals surface area contributed by atoms with Crippen molar-refractivity contribution in [1.82, 2.24) is 4.90 Å². The van der Waals surface area contributed by atoms with Crippen molar-refractivity contribution in [3.05, 3.63) is 35.9 Å². The maximum atomic E-state index is 12.3. The number of rotatable bonds is 5. The van der Waals surface area contributed by atoms with Crippen LogP contribution in [0.3, 0.4) is 0 Å². The number of methoxy groups -OCH3 is 1. The first-order valence-electron chi connectivity index (χ1n) is 7.60. The summed E-state index contributed by atoms with van der Waals surface area (Å²) < 4.78 is 10.0. The second kappa shape index (κ2) is 7.76. The Morgan fingerprint density at radius 3 is 2.57 bits per heavy atom. The Hall–Kier alpha value is -2.37. The van der Waals surface area contributed by atoms with Gasteiger partial charge in [0.2, 0.25) is 0 Å². The SMILES string of the molecule is COC(=O)C(C(C)=O)C1CCCN1C(=O)OCc1ccccc1. The first-order chi connectivity index (χ1) is 11.0. The molecule has 124 valence electrons. The van der Waals surface area contributed by atoms with E-state index in [4.69, 9.17) is 9.47 Å². The highest BCUT2D eigenvalue weighted by Crippen LogP contribution is 2.26. The number of ketones is 1. The van der Waals surface area contributed by atoms with Crippen molar-refractivity contribution in [1.29, 1.82) is 0 Å². The summed E-state index contributed by atoms with van der Waals surface area (Å²) in [5.41, 5.74) is 0.882. The normalized spacial score (nSPS) is 18.3. The summed E-state index contributed by atoms with van der Waals surface area (Å²) in [6.07, 6.45) is 0.803. The molecule has 23 heavy (non-hydrogen) atoms. The Labute approximate surface area is 135 Å². The minimum absolute atomic E-state index is 0.159. The standard InChI is InChI=1S/C17H21NO5/c1-12(19)15(16(20)22-2)14-9-6-10-18(14)17(21)23-11-13-7-4-3-5-8-13/h3-5,7-8,14-15H,6,9-11H2,1-2H3. The lowest BCUT2D eigenvalue weighted by Crippen LogP contribution is -2.46. The van der Waals surface area contributed by atoms with Gasteiger partial charge in [-0.05, 0) is 25.3 Å². The van der Waals surface area contributed by atoms with E-state index >= 15 is 0 Å². The highest BCUT2D eigenvalue weighted by atomic mass is 16.6. The molecule has 1 aliphatic heterocycles. The van der Waals surface area contributed by atoms with Gasteiger partial charge in [0.05, 0.1) is 13.2 Å². The van der Waals surface area contributed by atoms with E-state index in [1.807, 2.05) is 30.3 Å². The van der Waals surface area contributed by atoms with Crippen LogP contribution in [0.2, 0.25) is 0 Å². The third-order valence-electron chi connectivity index (χ3n) is 4.02. The average molecular weight is 319 g/mol. The molecule has 0 aromatic heterocycles. The van der Waals surface area contributed by atoms with E-state index in [9.17, 15) is 14.4 Å². The molecule has 1 aromatic carbocycles. The van der Waals surface area contributed by atoms with E-state index in [0.29, 0.717) is 13.0 Å². The molecular formula is C17H21NO5. The lowest BCUT2D eigenvalue weighted by molar-refractivity contribution is -0.151. The van der Waals surface area contributed by atoms with Crippen LogP contribution in [0.25, 0.3) is 0 Å². The van der Waals surface area contributed by atoms with Gasteiger partial charge in [-0.25, -0.2) is 4.79 Å². The Bertz CT molecular complexity index is 572. The van der Waals surface area contributed by atoms with Crippen LogP contribution in [0, 0.1) is 5.92 Å². The maximum absolute atomic E-state index is 12.3. The molecule has 0 aliphatic carbocycles. The Kier molecular flexibility index (Phi) is 5.73. The number of carbonyl (C=O) groups excluding carboxylic acids is 3. The van der Waals surface area contributed by atoms with E-state index in [0.717, 1.165) is 12.0 Å². The number of carbonyl (C=O) groups is 3. The smallest absolute Gasteiger partial charge is 0.410 e. The summed E-state index contributed by atoms with van der Waals surface area (Å²) in [6, 6.07) is 8.84. The predicted molar refractivity (Wildman–Crippen MR) is 82.5 cm³/mol. The third kappa shape index (κ3) is 4.09. The summed E-state index contributed by atoms with van der Waals surface area (Å²) in [6.45, 7) is 1.97. The van der Waals surface area contributed by atoms with Crippen molar-refractivity contribution in [3.8, 4) is 0 Å². The van der Waals surface area contributed by atoms with E-state index in [-0.39, 0.29) is 12.4 Å². The molecule has 0 spiro atoms. The van der Waals surface area contributed by atoms with Gasteiger partial charge < -0.3 is 14.4 Å². The fourth-order valence-electron chi connectivity index (χ4n) is 2.89. The number of hydrogen-bond acceptors (Lipinski definition) is 5. The molecule has 6 heteroatoms. The second-order valence-electron chi connectivity index (χ2n) is 5.55. The fourth-order valence-corrected chi connectivity index (χ4v) is 2.89. The van der Waals surface area contributed by atoms with Crippen molar-refractivity contribution in [3.63, 3.8) is 0 Å². The van der Waals surface area contributed by atoms with E-state index < -0.39 is 24.0 Å². The molecule has 2 atom stereocenters. The highest BCUT2D eigenvalue weighted by molar-refractivity contribution is 5.99. The van der Waals surface area contributed by atoms with Crippen LogP contribution in [0.1, 0.15) is 25.3 Å². The van der Waals surface area contributed by atoms with Gasteiger partial charge >= 0.3 is 12.1 Å². The molecule has 1 amide bonds. The maximum Gasteiger partial charge on any atom is 0.410 e. The summed E-state index contributed by atoms with van der Waals surface area (Å²) >= 11 is 0. The van der Waals surface area contributed by atoms with Crippen LogP contribution >= 0.6 is 0 Å². The van der Waals surface area contributed by atoms with Crippen LogP contribution < -0.4 is 0 Å². The van der Waals surface area contributed by atoms with E-state index in [2.05, 4.69) is 0 Å². The zero-order valence-electron chi connectivity index (χ0n) is 13.4. The van der Waals surface area contributed by atoms with Crippen molar-refractivity contribution in [2.45, 2.75) is 32.4 Å². The number of hydrogen-bond donors (Lipinski definition) is 0. The molecule has 1 aliphatic rings. The Morgan fingerprint density at radius 2 is 1.96 bits per heavy atom. The molecule has 1 saturated heterocycles. The molecule has 1 heterocycles.